The van der Waals surface area contributed by atoms with Crippen molar-refractivity contribution in [2.75, 3.05) is 5.88 Å². The number of carbonyl (C=O) groups is 1. The normalized spacial score (nSPS) is 11.0. The summed E-state index contributed by atoms with van der Waals surface area (Å²) in [6, 6.07) is 14.0. The van der Waals surface area contributed by atoms with Crippen molar-refractivity contribution in [3.05, 3.63) is 48.0 Å². The van der Waals surface area contributed by atoms with Crippen molar-refractivity contribution < 1.29 is 4.79 Å². The molecule has 3 aromatic rings. The van der Waals surface area contributed by atoms with Crippen LogP contribution in [0.3, 0.4) is 0 Å². The van der Waals surface area contributed by atoms with E-state index in [1.807, 2.05) is 50.4 Å². The number of benzene rings is 2. The van der Waals surface area contributed by atoms with Gasteiger partial charge in [0.25, 0.3) is 0 Å². The van der Waals surface area contributed by atoms with Crippen LogP contribution in [-0.2, 0) is 7.05 Å². The van der Waals surface area contributed by atoms with Gasteiger partial charge in [0.2, 0.25) is 5.91 Å². The zero-order valence-corrected chi connectivity index (χ0v) is 13.4. The molecule has 0 unspecified atom stereocenters. The summed E-state index contributed by atoms with van der Waals surface area (Å²) < 4.78 is 4.84. The Labute approximate surface area is 131 Å². The van der Waals surface area contributed by atoms with Crippen molar-refractivity contribution in [1.82, 2.24) is 8.52 Å². The molecular formula is C16H15ClN2OS. The van der Waals surface area contributed by atoms with Gasteiger partial charge in [-0.15, -0.1) is 11.6 Å². The first-order chi connectivity index (χ1) is 10.1. The summed E-state index contributed by atoms with van der Waals surface area (Å²) >= 11 is 7.45. The fourth-order valence-corrected chi connectivity index (χ4v) is 3.51. The third kappa shape index (κ3) is 2.45. The van der Waals surface area contributed by atoms with E-state index in [0.29, 0.717) is 0 Å². The van der Waals surface area contributed by atoms with Crippen molar-refractivity contribution >= 4 is 50.3 Å². The second-order valence-corrected chi connectivity index (χ2v) is 6.35. The van der Waals surface area contributed by atoms with Gasteiger partial charge in [0, 0.05) is 7.05 Å². The molecule has 2 aromatic carbocycles. The van der Waals surface area contributed by atoms with Crippen molar-refractivity contribution in [3.63, 3.8) is 0 Å². The monoisotopic (exact) mass is 318 g/mol. The lowest BCUT2D eigenvalue weighted by Gasteiger charge is -2.08. The van der Waals surface area contributed by atoms with E-state index in [2.05, 4.69) is 10.0 Å². The summed E-state index contributed by atoms with van der Waals surface area (Å²) in [6.07, 6.45) is 0. The molecule has 0 aliphatic rings. The quantitative estimate of drug-likeness (QED) is 0.607. The molecule has 0 aliphatic carbocycles. The third-order valence-corrected chi connectivity index (χ3v) is 4.66. The molecular weight excluding hydrogens is 304 g/mol. The molecule has 1 aromatic heterocycles. The number of halogens is 1. The predicted octanol–water partition coefficient (Wildman–Crippen LogP) is 4.51. The molecule has 0 radical (unpaired) electrons. The maximum atomic E-state index is 12.4. The molecule has 0 fully saturated rings. The van der Waals surface area contributed by atoms with E-state index in [1.54, 1.807) is 16.1 Å². The lowest BCUT2D eigenvalue weighted by atomic mass is 10.2. The van der Waals surface area contributed by atoms with Crippen molar-refractivity contribution in [1.29, 1.82) is 0 Å². The van der Waals surface area contributed by atoms with Gasteiger partial charge in [-0.2, -0.15) is 0 Å². The highest BCUT2D eigenvalue weighted by Gasteiger charge is 2.11. The Morgan fingerprint density at radius 1 is 1.14 bits per heavy atom. The van der Waals surface area contributed by atoms with Gasteiger partial charge in [0.05, 0.1) is 21.3 Å². The first-order valence-corrected chi connectivity index (χ1v) is 7.93. The average Bonchev–Trinajstić information content (AvgIpc) is 2.60. The number of hydrogen-bond donors (Lipinski definition) is 0. The van der Waals surface area contributed by atoms with E-state index in [9.17, 15) is 4.79 Å². The number of aromatic nitrogens is 2. The Hall–Kier alpha value is -1.78. The van der Waals surface area contributed by atoms with Crippen molar-refractivity contribution in [2.24, 2.45) is 7.05 Å². The van der Waals surface area contributed by atoms with Gasteiger partial charge in [-0.3, -0.25) is 13.3 Å². The number of alkyl halides is 1. The van der Waals surface area contributed by atoms with E-state index in [1.165, 1.54) is 0 Å². The summed E-state index contributed by atoms with van der Waals surface area (Å²) in [6.45, 7) is 2.02. The second-order valence-electron chi connectivity index (χ2n) is 4.91. The molecule has 0 atom stereocenters. The first kappa shape index (κ1) is 14.2. The zero-order valence-electron chi connectivity index (χ0n) is 11.8. The molecule has 0 saturated carbocycles. The van der Waals surface area contributed by atoms with Crippen LogP contribution in [0.2, 0.25) is 0 Å². The molecule has 0 amide bonds. The number of rotatable bonds is 1. The average molecular weight is 319 g/mol. The molecule has 0 bridgehead atoms. The SMILES string of the molecule is Cc1ccc2c(c1)n(C(=O)CCl)c1ccccc1sn2C. The molecule has 0 aliphatic heterocycles. The summed E-state index contributed by atoms with van der Waals surface area (Å²) in [5, 5.41) is 0. The molecule has 21 heavy (non-hydrogen) atoms. The number of carbonyl (C=O) groups excluding carboxylic acids is 1. The van der Waals surface area contributed by atoms with E-state index < -0.39 is 0 Å². The Kier molecular flexibility index (Phi) is 3.74. The van der Waals surface area contributed by atoms with E-state index in [0.717, 1.165) is 26.8 Å². The summed E-state index contributed by atoms with van der Waals surface area (Å²) in [5.74, 6) is -0.164. The van der Waals surface area contributed by atoms with Crippen LogP contribution in [0.25, 0.3) is 21.3 Å². The van der Waals surface area contributed by atoms with Gasteiger partial charge in [-0.1, -0.05) is 29.7 Å². The van der Waals surface area contributed by atoms with Crippen LogP contribution in [0.15, 0.2) is 42.5 Å². The van der Waals surface area contributed by atoms with Gasteiger partial charge in [-0.05, 0) is 36.8 Å². The van der Waals surface area contributed by atoms with E-state index in [-0.39, 0.29) is 11.8 Å². The highest BCUT2D eigenvalue weighted by Crippen LogP contribution is 2.24. The van der Waals surface area contributed by atoms with Crippen molar-refractivity contribution in [3.8, 4) is 0 Å². The Morgan fingerprint density at radius 3 is 2.67 bits per heavy atom. The third-order valence-electron chi connectivity index (χ3n) is 3.42. The lowest BCUT2D eigenvalue weighted by molar-refractivity contribution is 0.0949. The minimum atomic E-state index is -0.119. The van der Waals surface area contributed by atoms with Crippen molar-refractivity contribution in [2.45, 2.75) is 6.92 Å². The number of nitrogens with zero attached hydrogens (tertiary/aromatic N) is 2. The van der Waals surface area contributed by atoms with Gasteiger partial charge in [0.1, 0.15) is 5.88 Å². The topological polar surface area (TPSA) is 26.9 Å². The van der Waals surface area contributed by atoms with E-state index >= 15 is 0 Å². The molecule has 0 N–H and O–H groups in total. The van der Waals surface area contributed by atoms with Crippen LogP contribution < -0.4 is 0 Å². The standard InChI is InChI=1S/C16H15ClN2OS/c1-11-7-8-12-14(9-11)19(16(20)10-17)13-5-3-4-6-15(13)21-18(12)2/h3-9H,10H2,1-2H3. The molecule has 3 rings (SSSR count). The van der Waals surface area contributed by atoms with Crippen LogP contribution >= 0.6 is 23.1 Å². The predicted molar refractivity (Wildman–Crippen MR) is 90.0 cm³/mol. The minimum absolute atomic E-state index is 0.0455. The smallest absolute Gasteiger partial charge is 0.246 e. The van der Waals surface area contributed by atoms with Crippen LogP contribution in [0, 0.1) is 6.92 Å². The lowest BCUT2D eigenvalue weighted by Crippen LogP contribution is -2.13. The number of fused-ring (bicyclic) bond motifs is 2. The van der Waals surface area contributed by atoms with Crippen LogP contribution in [0.4, 0.5) is 0 Å². The second kappa shape index (κ2) is 5.54. The molecule has 3 nitrogen and oxygen atoms in total. The maximum Gasteiger partial charge on any atom is 0.246 e. The first-order valence-electron chi connectivity index (χ1n) is 6.62. The molecule has 5 heteroatoms. The van der Waals surface area contributed by atoms with Crippen LogP contribution in [0.5, 0.6) is 0 Å². The Morgan fingerprint density at radius 2 is 1.90 bits per heavy atom. The largest absolute Gasteiger partial charge is 0.298 e. The number of aryl methyl sites for hydroxylation is 2. The van der Waals surface area contributed by atoms with Gasteiger partial charge < -0.3 is 0 Å². The maximum absolute atomic E-state index is 12.4. The van der Waals surface area contributed by atoms with Crippen LogP contribution in [0.1, 0.15) is 10.4 Å². The van der Waals surface area contributed by atoms with Gasteiger partial charge in [0.15, 0.2) is 0 Å². The van der Waals surface area contributed by atoms with Gasteiger partial charge in [-0.25, -0.2) is 0 Å². The fraction of sp³-hybridized carbons (Fsp3) is 0.188. The number of para-hydroxylation sites is 1. The molecule has 0 spiro atoms. The van der Waals surface area contributed by atoms with E-state index in [4.69, 9.17) is 11.6 Å². The summed E-state index contributed by atoms with van der Waals surface area (Å²) in [7, 11) is 2.00. The fourth-order valence-electron chi connectivity index (χ4n) is 2.45. The molecule has 0 saturated heterocycles. The summed E-state index contributed by atoms with van der Waals surface area (Å²) in [5.41, 5.74) is 3.86. The molecule has 1 heterocycles. The Bertz CT molecular complexity index is 886. The minimum Gasteiger partial charge on any atom is -0.298 e. The van der Waals surface area contributed by atoms with Crippen LogP contribution in [-0.4, -0.2) is 20.3 Å². The molecule has 108 valence electrons. The highest BCUT2D eigenvalue weighted by molar-refractivity contribution is 7.13. The highest BCUT2D eigenvalue weighted by atomic mass is 35.5. The number of hydrogen-bond acceptors (Lipinski definition) is 2. The van der Waals surface area contributed by atoms with Gasteiger partial charge >= 0.3 is 0 Å². The Balaban J connectivity index is 2.65. The zero-order chi connectivity index (χ0) is 15.0. The summed E-state index contributed by atoms with van der Waals surface area (Å²) in [4.78, 5) is 12.4.